The Bertz CT molecular complexity index is 720. The number of halogens is 3. The molecule has 0 saturated heterocycles. The second-order valence-electron chi connectivity index (χ2n) is 4.41. The normalized spacial score (nSPS) is 10.1. The second-order valence-corrected chi connectivity index (χ2v) is 5.69. The van der Waals surface area contributed by atoms with Crippen molar-refractivity contribution in [3.63, 3.8) is 0 Å². The fourth-order valence-electron chi connectivity index (χ4n) is 1.70. The Hall–Kier alpha value is -1.75. The van der Waals surface area contributed by atoms with Crippen LogP contribution in [0.1, 0.15) is 6.42 Å². The molecule has 2 aromatic rings. The molecule has 0 radical (unpaired) electrons. The summed E-state index contributed by atoms with van der Waals surface area (Å²) in [5, 5.41) is 6.39. The van der Waals surface area contributed by atoms with Crippen LogP contribution >= 0.6 is 34.8 Å². The van der Waals surface area contributed by atoms with Gasteiger partial charge in [-0.25, -0.2) is 0 Å². The molecule has 22 heavy (non-hydrogen) atoms. The molecule has 4 nitrogen and oxygen atoms in total. The lowest BCUT2D eigenvalue weighted by Gasteiger charge is -2.08. The highest BCUT2D eigenvalue weighted by Crippen LogP contribution is 2.25. The van der Waals surface area contributed by atoms with E-state index in [9.17, 15) is 9.59 Å². The summed E-state index contributed by atoms with van der Waals surface area (Å²) in [7, 11) is 0. The van der Waals surface area contributed by atoms with E-state index in [-0.39, 0.29) is 6.42 Å². The number of nitrogens with one attached hydrogen (secondary N) is 2. The molecule has 0 aliphatic carbocycles. The smallest absolute Gasteiger partial charge is 0.233 e. The molecule has 0 heterocycles. The van der Waals surface area contributed by atoms with Gasteiger partial charge >= 0.3 is 0 Å². The molecule has 0 aliphatic rings. The molecular weight excluding hydrogens is 347 g/mol. The molecule has 2 rings (SSSR count). The highest BCUT2D eigenvalue weighted by Gasteiger charge is 2.12. The lowest BCUT2D eigenvalue weighted by Crippen LogP contribution is -2.21. The highest BCUT2D eigenvalue weighted by atomic mass is 35.5. The van der Waals surface area contributed by atoms with Crippen LogP contribution in [0.4, 0.5) is 11.4 Å². The molecule has 0 spiro atoms. The first-order valence-electron chi connectivity index (χ1n) is 6.24. The van der Waals surface area contributed by atoms with Crippen molar-refractivity contribution < 1.29 is 9.59 Å². The SMILES string of the molecule is O=C(CC(=O)Nc1ccc(Cl)cc1Cl)Nc1cccc(Cl)c1. The topological polar surface area (TPSA) is 58.2 Å². The minimum atomic E-state index is -0.483. The minimum Gasteiger partial charge on any atom is -0.326 e. The first-order chi connectivity index (χ1) is 10.4. The van der Waals surface area contributed by atoms with Crippen molar-refractivity contribution in [2.45, 2.75) is 6.42 Å². The fourth-order valence-corrected chi connectivity index (χ4v) is 2.35. The molecule has 2 aromatic carbocycles. The largest absolute Gasteiger partial charge is 0.326 e. The number of hydrogen-bond donors (Lipinski definition) is 2. The summed E-state index contributed by atoms with van der Waals surface area (Å²) >= 11 is 17.5. The summed E-state index contributed by atoms with van der Waals surface area (Å²) in [5.41, 5.74) is 0.918. The second kappa shape index (κ2) is 7.49. The maximum atomic E-state index is 11.8. The Kier molecular flexibility index (Phi) is 5.66. The number of hydrogen-bond acceptors (Lipinski definition) is 2. The minimum absolute atomic E-state index is 0.302. The molecule has 0 saturated carbocycles. The van der Waals surface area contributed by atoms with Gasteiger partial charge < -0.3 is 10.6 Å². The van der Waals surface area contributed by atoms with Gasteiger partial charge in [0.2, 0.25) is 11.8 Å². The first-order valence-corrected chi connectivity index (χ1v) is 7.38. The fraction of sp³-hybridized carbons (Fsp3) is 0.0667. The maximum absolute atomic E-state index is 11.8. The van der Waals surface area contributed by atoms with Gasteiger partial charge in [0.05, 0.1) is 10.7 Å². The molecule has 0 aromatic heterocycles. The van der Waals surface area contributed by atoms with E-state index in [1.165, 1.54) is 6.07 Å². The molecule has 0 aliphatic heterocycles. The van der Waals surface area contributed by atoms with Gasteiger partial charge in [0, 0.05) is 15.7 Å². The Balaban J connectivity index is 1.92. The third kappa shape index (κ3) is 4.91. The number of anilines is 2. The third-order valence-electron chi connectivity index (χ3n) is 2.63. The number of carbonyl (C=O) groups is 2. The van der Waals surface area contributed by atoms with Crippen LogP contribution in [0.5, 0.6) is 0 Å². The first kappa shape index (κ1) is 16.6. The highest BCUT2D eigenvalue weighted by molar-refractivity contribution is 6.36. The summed E-state index contributed by atoms with van der Waals surface area (Å²) in [6.07, 6.45) is -0.342. The van der Waals surface area contributed by atoms with Gasteiger partial charge in [-0.3, -0.25) is 9.59 Å². The monoisotopic (exact) mass is 356 g/mol. The zero-order valence-corrected chi connectivity index (χ0v) is 13.5. The van der Waals surface area contributed by atoms with E-state index in [2.05, 4.69) is 10.6 Å². The van der Waals surface area contributed by atoms with E-state index < -0.39 is 11.8 Å². The standard InChI is InChI=1S/C15H11Cl3N2O2/c16-9-2-1-3-11(6-9)19-14(21)8-15(22)20-13-5-4-10(17)7-12(13)18/h1-7H,8H2,(H,19,21)(H,20,22). The van der Waals surface area contributed by atoms with Crippen LogP contribution in [0.15, 0.2) is 42.5 Å². The van der Waals surface area contributed by atoms with Crippen molar-refractivity contribution in [1.82, 2.24) is 0 Å². The van der Waals surface area contributed by atoms with Crippen molar-refractivity contribution in [3.05, 3.63) is 57.5 Å². The van der Waals surface area contributed by atoms with E-state index in [4.69, 9.17) is 34.8 Å². The molecule has 114 valence electrons. The van der Waals surface area contributed by atoms with E-state index in [0.29, 0.717) is 26.4 Å². The van der Waals surface area contributed by atoms with Crippen molar-refractivity contribution >= 4 is 58.0 Å². The number of benzene rings is 2. The van der Waals surface area contributed by atoms with Crippen molar-refractivity contribution in [2.75, 3.05) is 10.6 Å². The summed E-state index contributed by atoms with van der Waals surface area (Å²) in [6, 6.07) is 11.3. The van der Waals surface area contributed by atoms with Gasteiger partial charge in [0.15, 0.2) is 0 Å². The Labute approximate surface area is 142 Å². The van der Waals surface area contributed by atoms with Gasteiger partial charge in [0.25, 0.3) is 0 Å². The lowest BCUT2D eigenvalue weighted by molar-refractivity contribution is -0.123. The zero-order valence-electron chi connectivity index (χ0n) is 11.2. The van der Waals surface area contributed by atoms with E-state index in [1.54, 1.807) is 36.4 Å². The van der Waals surface area contributed by atoms with E-state index in [0.717, 1.165) is 0 Å². The van der Waals surface area contributed by atoms with E-state index >= 15 is 0 Å². The lowest BCUT2D eigenvalue weighted by atomic mass is 10.2. The average molecular weight is 358 g/mol. The quantitative estimate of drug-likeness (QED) is 0.785. The number of rotatable bonds is 4. The van der Waals surface area contributed by atoms with E-state index in [1.807, 2.05) is 0 Å². The average Bonchev–Trinajstić information content (AvgIpc) is 2.41. The van der Waals surface area contributed by atoms with Gasteiger partial charge in [-0.1, -0.05) is 40.9 Å². The van der Waals surface area contributed by atoms with Crippen LogP contribution in [-0.4, -0.2) is 11.8 Å². The Morgan fingerprint density at radius 2 is 1.55 bits per heavy atom. The van der Waals surface area contributed by atoms with Gasteiger partial charge in [0.1, 0.15) is 6.42 Å². The third-order valence-corrected chi connectivity index (χ3v) is 3.42. The summed E-state index contributed by atoms with van der Waals surface area (Å²) in [6.45, 7) is 0. The molecule has 0 bridgehead atoms. The number of amides is 2. The molecule has 2 N–H and O–H groups in total. The van der Waals surface area contributed by atoms with Crippen LogP contribution in [0.3, 0.4) is 0 Å². The summed E-state index contributed by atoms with van der Waals surface area (Å²) in [4.78, 5) is 23.6. The van der Waals surface area contributed by atoms with Crippen molar-refractivity contribution in [3.8, 4) is 0 Å². The van der Waals surface area contributed by atoms with Gasteiger partial charge in [-0.2, -0.15) is 0 Å². The van der Waals surface area contributed by atoms with Crippen molar-refractivity contribution in [1.29, 1.82) is 0 Å². The van der Waals surface area contributed by atoms with Crippen LogP contribution in [-0.2, 0) is 9.59 Å². The Morgan fingerprint density at radius 1 is 0.864 bits per heavy atom. The van der Waals surface area contributed by atoms with Gasteiger partial charge in [-0.15, -0.1) is 0 Å². The van der Waals surface area contributed by atoms with Crippen LogP contribution in [0, 0.1) is 0 Å². The maximum Gasteiger partial charge on any atom is 0.233 e. The van der Waals surface area contributed by atoms with Crippen LogP contribution < -0.4 is 10.6 Å². The number of carbonyl (C=O) groups excluding carboxylic acids is 2. The molecule has 0 fully saturated rings. The van der Waals surface area contributed by atoms with Gasteiger partial charge in [-0.05, 0) is 36.4 Å². The molecule has 0 atom stereocenters. The predicted octanol–water partition coefficient (Wildman–Crippen LogP) is 4.61. The molecule has 0 unspecified atom stereocenters. The molecular formula is C15H11Cl3N2O2. The summed E-state index contributed by atoms with van der Waals surface area (Å²) < 4.78 is 0. The summed E-state index contributed by atoms with van der Waals surface area (Å²) in [5.74, 6) is -0.936. The molecule has 2 amide bonds. The molecule has 7 heteroatoms. The zero-order chi connectivity index (χ0) is 16.1. The van der Waals surface area contributed by atoms with Crippen LogP contribution in [0.2, 0.25) is 15.1 Å². The predicted molar refractivity (Wildman–Crippen MR) is 89.8 cm³/mol. The van der Waals surface area contributed by atoms with Crippen LogP contribution in [0.25, 0.3) is 0 Å². The Morgan fingerprint density at radius 3 is 2.23 bits per heavy atom. The van der Waals surface area contributed by atoms with Crippen molar-refractivity contribution in [2.24, 2.45) is 0 Å².